The number of aliphatic hydroxyl groups excluding tert-OH is 1. The summed E-state index contributed by atoms with van der Waals surface area (Å²) in [6.45, 7) is 4.60. The van der Waals surface area contributed by atoms with Gasteiger partial charge in [0.1, 0.15) is 6.79 Å². The Morgan fingerprint density at radius 1 is 1.25 bits per heavy atom. The van der Waals surface area contributed by atoms with Gasteiger partial charge in [-0.25, -0.2) is 0 Å². The van der Waals surface area contributed by atoms with Crippen LogP contribution in [0.5, 0.6) is 0 Å². The summed E-state index contributed by atoms with van der Waals surface area (Å²) in [7, 11) is 3.11. The molecule has 0 unspecified atom stereocenters. The van der Waals surface area contributed by atoms with Crippen molar-refractivity contribution in [1.29, 1.82) is 0 Å². The normalized spacial score (nSPS) is 11.0. The van der Waals surface area contributed by atoms with Crippen molar-refractivity contribution in [2.24, 2.45) is 0 Å². The first-order valence-corrected chi connectivity index (χ1v) is 3.49. The third kappa shape index (κ3) is 95.3. The average Bonchev–Trinajstić information content (AvgIpc) is 2.90. The molecule has 12 heavy (non-hydrogen) atoms. The van der Waals surface area contributed by atoms with Crippen molar-refractivity contribution in [2.75, 3.05) is 40.8 Å². The number of ether oxygens (including phenoxy) is 3. The number of hydrogen-bond acceptors (Lipinski definition) is 4. The number of epoxide rings is 1. The molecule has 0 radical (unpaired) electrons. The SMILES string of the molecule is C.C1CO1.CCOC.COCO. The van der Waals surface area contributed by atoms with Crippen LogP contribution in [0.2, 0.25) is 0 Å². The van der Waals surface area contributed by atoms with Gasteiger partial charge in [-0.05, 0) is 6.92 Å². The minimum Gasteiger partial charge on any atom is -0.385 e. The van der Waals surface area contributed by atoms with Crippen LogP contribution in [0.3, 0.4) is 0 Å². The van der Waals surface area contributed by atoms with Gasteiger partial charge < -0.3 is 19.3 Å². The van der Waals surface area contributed by atoms with Gasteiger partial charge in [-0.15, -0.1) is 0 Å². The van der Waals surface area contributed by atoms with Crippen molar-refractivity contribution in [3.05, 3.63) is 0 Å². The molecule has 1 fully saturated rings. The summed E-state index contributed by atoms with van der Waals surface area (Å²) < 4.78 is 13.1. The lowest BCUT2D eigenvalue weighted by molar-refractivity contribution is 0.0325. The van der Waals surface area contributed by atoms with Crippen LogP contribution in [0, 0.1) is 0 Å². The molecule has 0 aromatic carbocycles. The number of methoxy groups -OCH3 is 2. The lowest BCUT2D eigenvalue weighted by atomic mass is 10.9. The second-order valence-corrected chi connectivity index (χ2v) is 1.61. The van der Waals surface area contributed by atoms with Crippen molar-refractivity contribution in [1.82, 2.24) is 0 Å². The molecule has 1 rings (SSSR count). The minimum absolute atomic E-state index is 0. The molecule has 78 valence electrons. The summed E-state index contributed by atoms with van der Waals surface area (Å²) in [5.41, 5.74) is 0. The van der Waals surface area contributed by atoms with Crippen LogP contribution < -0.4 is 0 Å². The first-order valence-electron chi connectivity index (χ1n) is 3.49. The predicted octanol–water partition coefficient (Wildman–Crippen LogP) is 0.888. The van der Waals surface area contributed by atoms with Gasteiger partial charge in [0.05, 0.1) is 13.2 Å². The highest BCUT2D eigenvalue weighted by molar-refractivity contribution is 4.36. The van der Waals surface area contributed by atoms with Crippen molar-refractivity contribution in [2.45, 2.75) is 14.4 Å². The maximum atomic E-state index is 7.65. The van der Waals surface area contributed by atoms with E-state index in [0.29, 0.717) is 0 Å². The Morgan fingerprint density at radius 3 is 1.50 bits per heavy atom. The molecule has 0 aliphatic carbocycles. The van der Waals surface area contributed by atoms with E-state index in [2.05, 4.69) is 14.2 Å². The Bertz CT molecular complexity index is 37.6. The van der Waals surface area contributed by atoms with Crippen LogP contribution in [-0.2, 0) is 14.2 Å². The molecule has 0 aromatic heterocycles. The quantitative estimate of drug-likeness (QED) is 0.509. The zero-order valence-electron chi connectivity index (χ0n) is 7.50. The second-order valence-electron chi connectivity index (χ2n) is 1.61. The number of aliphatic hydroxyl groups is 1. The lowest BCUT2D eigenvalue weighted by Gasteiger charge is -1.76. The smallest absolute Gasteiger partial charge is 0.143 e. The summed E-state index contributed by atoms with van der Waals surface area (Å²) in [5, 5.41) is 7.65. The van der Waals surface area contributed by atoms with Crippen LogP contribution >= 0.6 is 0 Å². The van der Waals surface area contributed by atoms with Crippen LogP contribution in [0.15, 0.2) is 0 Å². The van der Waals surface area contributed by atoms with Crippen molar-refractivity contribution in [3.8, 4) is 0 Å². The zero-order chi connectivity index (χ0) is 8.95. The largest absolute Gasteiger partial charge is 0.385 e. The van der Waals surface area contributed by atoms with E-state index in [1.54, 1.807) is 7.11 Å². The Balaban J connectivity index is -0.0000000975. The van der Waals surface area contributed by atoms with E-state index in [0.717, 1.165) is 19.8 Å². The third-order valence-corrected chi connectivity index (χ3v) is 0.622. The van der Waals surface area contributed by atoms with Gasteiger partial charge in [0.25, 0.3) is 0 Å². The first-order chi connectivity index (χ1) is 5.33. The van der Waals surface area contributed by atoms with Crippen LogP contribution in [-0.4, -0.2) is 45.9 Å². The van der Waals surface area contributed by atoms with E-state index < -0.39 is 0 Å². The summed E-state index contributed by atoms with van der Waals surface area (Å²) in [6.07, 6.45) is 0. The van der Waals surface area contributed by atoms with Crippen LogP contribution in [0.1, 0.15) is 14.4 Å². The van der Waals surface area contributed by atoms with Crippen LogP contribution in [0.25, 0.3) is 0 Å². The summed E-state index contributed by atoms with van der Waals surface area (Å²) in [4.78, 5) is 0. The topological polar surface area (TPSA) is 51.2 Å². The standard InChI is InChI=1S/C3H8O.C2H6O2.C2H4O.CH4/c1-3-4-2;1-4-2-3;1-2-3-1;/h3H2,1-2H3;3H,2H2,1H3;1-2H2;1H4. The van der Waals surface area contributed by atoms with Gasteiger partial charge in [-0.3, -0.25) is 0 Å². The van der Waals surface area contributed by atoms with E-state index >= 15 is 0 Å². The van der Waals surface area contributed by atoms with Crippen molar-refractivity contribution < 1.29 is 19.3 Å². The molecule has 0 saturated carbocycles. The fourth-order valence-corrected chi connectivity index (χ4v) is 0. The molecule has 1 aliphatic rings. The molecule has 4 heteroatoms. The summed E-state index contributed by atoms with van der Waals surface area (Å²) >= 11 is 0. The molecule has 4 nitrogen and oxygen atoms in total. The van der Waals surface area contributed by atoms with Gasteiger partial charge in [0, 0.05) is 20.8 Å². The molecule has 1 N–H and O–H groups in total. The maximum absolute atomic E-state index is 7.65. The zero-order valence-corrected chi connectivity index (χ0v) is 7.50. The van der Waals surface area contributed by atoms with Gasteiger partial charge in [-0.1, -0.05) is 7.43 Å². The van der Waals surface area contributed by atoms with Gasteiger partial charge in [-0.2, -0.15) is 0 Å². The van der Waals surface area contributed by atoms with Crippen LogP contribution in [0.4, 0.5) is 0 Å². The highest BCUT2D eigenvalue weighted by Gasteiger charge is 1.94. The lowest BCUT2D eigenvalue weighted by Crippen LogP contribution is -1.79. The molecule has 0 bridgehead atoms. The molecule has 1 heterocycles. The Kier molecular flexibility index (Phi) is 33.3. The molecular formula is C8H22O4. The van der Waals surface area contributed by atoms with Gasteiger partial charge >= 0.3 is 0 Å². The summed E-state index contributed by atoms with van der Waals surface area (Å²) in [6, 6.07) is 0. The second kappa shape index (κ2) is 22.4. The van der Waals surface area contributed by atoms with E-state index in [9.17, 15) is 0 Å². The molecule has 0 amide bonds. The minimum atomic E-state index is -0.181. The molecule has 0 spiro atoms. The average molecular weight is 182 g/mol. The highest BCUT2D eigenvalue weighted by Crippen LogP contribution is 1.84. The molecule has 1 aliphatic heterocycles. The number of hydrogen-bond donors (Lipinski definition) is 1. The third-order valence-electron chi connectivity index (χ3n) is 0.622. The molecule has 0 aromatic rings. The monoisotopic (exact) mass is 182 g/mol. The number of rotatable bonds is 2. The van der Waals surface area contributed by atoms with E-state index in [-0.39, 0.29) is 14.2 Å². The Hall–Kier alpha value is -0.160. The Morgan fingerprint density at radius 2 is 1.50 bits per heavy atom. The van der Waals surface area contributed by atoms with E-state index in [1.165, 1.54) is 7.11 Å². The highest BCUT2D eigenvalue weighted by atomic mass is 16.6. The van der Waals surface area contributed by atoms with Gasteiger partial charge in [0.15, 0.2) is 0 Å². The first kappa shape index (κ1) is 17.8. The van der Waals surface area contributed by atoms with Gasteiger partial charge in [0.2, 0.25) is 0 Å². The summed E-state index contributed by atoms with van der Waals surface area (Å²) in [5.74, 6) is 0. The van der Waals surface area contributed by atoms with E-state index in [4.69, 9.17) is 5.11 Å². The fourth-order valence-electron chi connectivity index (χ4n) is 0. The van der Waals surface area contributed by atoms with E-state index in [1.807, 2.05) is 6.92 Å². The molecule has 1 saturated heterocycles. The Labute approximate surface area is 75.4 Å². The van der Waals surface area contributed by atoms with Crippen molar-refractivity contribution in [3.63, 3.8) is 0 Å². The fraction of sp³-hybridized carbons (Fsp3) is 1.00. The molecule has 0 atom stereocenters. The molecular weight excluding hydrogens is 160 g/mol. The van der Waals surface area contributed by atoms with Crippen molar-refractivity contribution >= 4 is 0 Å². The maximum Gasteiger partial charge on any atom is 0.143 e. The predicted molar refractivity (Wildman–Crippen MR) is 49.2 cm³/mol.